The molecule has 1 unspecified atom stereocenters. The number of rotatable bonds is 5. The molecule has 202 valence electrons. The maximum atomic E-state index is 13.5. The molecule has 0 spiro atoms. The molecule has 1 saturated carbocycles. The highest BCUT2D eigenvalue weighted by molar-refractivity contribution is 7.15. The maximum Gasteiger partial charge on any atom is 0.273 e. The van der Waals surface area contributed by atoms with Gasteiger partial charge in [-0.2, -0.15) is 9.78 Å². The number of nitrogens with zero attached hydrogens (tertiary/aromatic N) is 5. The van der Waals surface area contributed by atoms with Crippen molar-refractivity contribution in [3.8, 4) is 17.7 Å². The first-order valence-corrected chi connectivity index (χ1v) is 13.3. The number of hydrogen-bond donors (Lipinski definition) is 2. The average Bonchev–Trinajstić information content (AvgIpc) is 3.65. The van der Waals surface area contributed by atoms with E-state index in [9.17, 15) is 18.4 Å². The Balaban J connectivity index is 0.00000172. The lowest BCUT2D eigenvalue weighted by molar-refractivity contribution is 0.102. The number of nitrogens with one attached hydrogen (secondary N) is 2. The molecule has 1 fully saturated rings. The first-order chi connectivity index (χ1) is 18.8. The largest absolute Gasteiger partial charge is 0.378 e. The topological polar surface area (TPSA) is 115 Å². The second kappa shape index (κ2) is 12.3. The van der Waals surface area contributed by atoms with Crippen molar-refractivity contribution in [2.24, 2.45) is 5.92 Å². The van der Waals surface area contributed by atoms with Gasteiger partial charge < -0.3 is 5.32 Å². The second-order valence-electron chi connectivity index (χ2n) is 8.38. The normalized spacial score (nSPS) is 16.1. The van der Waals surface area contributed by atoms with Crippen LogP contribution in [0.25, 0.3) is 11.4 Å². The van der Waals surface area contributed by atoms with Crippen LogP contribution in [0.4, 0.5) is 13.9 Å². The third-order valence-electron chi connectivity index (χ3n) is 5.46. The Labute approximate surface area is 232 Å². The van der Waals surface area contributed by atoms with Crippen molar-refractivity contribution >= 4 is 39.5 Å². The van der Waals surface area contributed by atoms with Crippen LogP contribution in [0.5, 0.6) is 0 Å². The molecule has 1 aliphatic carbocycles. The summed E-state index contributed by atoms with van der Waals surface area (Å²) >= 11 is 7.47. The summed E-state index contributed by atoms with van der Waals surface area (Å²) in [6.45, 7) is 5.72. The van der Waals surface area contributed by atoms with E-state index in [2.05, 4.69) is 42.8 Å². The monoisotopic (exact) mass is 571 g/mol. The molecule has 2 aliphatic rings. The van der Waals surface area contributed by atoms with Crippen molar-refractivity contribution in [2.45, 2.75) is 46.1 Å². The van der Waals surface area contributed by atoms with Crippen molar-refractivity contribution in [2.75, 3.05) is 5.32 Å². The van der Waals surface area contributed by atoms with Crippen LogP contribution >= 0.6 is 22.9 Å². The molecule has 3 aromatic rings. The standard InChI is InChI=1S/C24H18ClF2N7O2S.C2H6/c1-12-6-21(35)34(30-9-12)19-8-14(15-7-18(22(26)27)28-11-17(15)25)16(10-29-19)23(36)31-24-33-32-20(37-24)5-4-13-2-3-13;1-2/h6-11,13,18,22,28H,2-3H2,1H3,(H,31,33,36);1-2H3. The highest BCUT2D eigenvalue weighted by atomic mass is 35.5. The molecule has 0 radical (unpaired) electrons. The first-order valence-electron chi connectivity index (χ1n) is 12.1. The van der Waals surface area contributed by atoms with Crippen LogP contribution in [0.3, 0.4) is 0 Å². The summed E-state index contributed by atoms with van der Waals surface area (Å²) in [6, 6.07) is 1.44. The van der Waals surface area contributed by atoms with Crippen molar-refractivity contribution in [1.82, 2.24) is 30.3 Å². The van der Waals surface area contributed by atoms with Crippen LogP contribution in [-0.2, 0) is 0 Å². The predicted octanol–water partition coefficient (Wildman–Crippen LogP) is 4.53. The highest BCUT2D eigenvalue weighted by Crippen LogP contribution is 2.33. The maximum absolute atomic E-state index is 13.5. The number of anilines is 1. The molecule has 4 heterocycles. The molecule has 9 nitrogen and oxygen atoms in total. The summed E-state index contributed by atoms with van der Waals surface area (Å²) in [6.07, 6.45) is 4.58. The van der Waals surface area contributed by atoms with E-state index in [-0.39, 0.29) is 32.7 Å². The quantitative estimate of drug-likeness (QED) is 0.432. The van der Waals surface area contributed by atoms with Gasteiger partial charge in [-0.05, 0) is 43.4 Å². The SMILES string of the molecule is CC.Cc1cnn(-c2cc(C3=CC(C(F)F)NC=C3Cl)c(C(=O)Nc3nnc(C#CC4CC4)s3)cn2)c(=O)c1. The summed E-state index contributed by atoms with van der Waals surface area (Å²) in [7, 11) is 0. The average molecular weight is 572 g/mol. The minimum atomic E-state index is -2.73. The van der Waals surface area contributed by atoms with Crippen LogP contribution in [0, 0.1) is 24.7 Å². The molecule has 0 bridgehead atoms. The molecule has 1 atom stereocenters. The van der Waals surface area contributed by atoms with Crippen LogP contribution in [0.2, 0.25) is 0 Å². The number of pyridine rings is 1. The molecule has 39 heavy (non-hydrogen) atoms. The lowest BCUT2D eigenvalue weighted by atomic mass is 9.97. The van der Waals surface area contributed by atoms with Gasteiger partial charge in [-0.1, -0.05) is 42.7 Å². The zero-order valence-corrected chi connectivity index (χ0v) is 22.8. The van der Waals surface area contributed by atoms with Gasteiger partial charge in [0.2, 0.25) is 5.13 Å². The van der Waals surface area contributed by atoms with Gasteiger partial charge in [-0.15, -0.1) is 10.2 Å². The molecule has 5 rings (SSSR count). The summed E-state index contributed by atoms with van der Waals surface area (Å²) < 4.78 is 28.0. The fraction of sp³-hybridized carbons (Fsp3) is 0.308. The van der Waals surface area contributed by atoms with E-state index in [4.69, 9.17) is 11.6 Å². The van der Waals surface area contributed by atoms with E-state index in [1.807, 2.05) is 13.8 Å². The number of carbonyl (C=O) groups excluding carboxylic acids is 1. The zero-order chi connectivity index (χ0) is 28.1. The van der Waals surface area contributed by atoms with Crippen molar-refractivity contribution in [3.05, 3.63) is 73.9 Å². The van der Waals surface area contributed by atoms with E-state index in [0.717, 1.165) is 28.9 Å². The number of aryl methyl sites for hydroxylation is 1. The Kier molecular flexibility index (Phi) is 8.83. The minimum Gasteiger partial charge on any atom is -0.378 e. The van der Waals surface area contributed by atoms with Crippen LogP contribution < -0.4 is 16.2 Å². The number of aromatic nitrogens is 5. The minimum absolute atomic E-state index is 0.0254. The number of allylic oxidation sites excluding steroid dienone is 2. The molecule has 3 aromatic heterocycles. The predicted molar refractivity (Wildman–Crippen MR) is 146 cm³/mol. The van der Waals surface area contributed by atoms with E-state index in [1.54, 1.807) is 6.92 Å². The van der Waals surface area contributed by atoms with Gasteiger partial charge in [0, 0.05) is 35.5 Å². The summed E-state index contributed by atoms with van der Waals surface area (Å²) in [4.78, 5) is 30.0. The number of carbonyl (C=O) groups is 1. The second-order valence-corrected chi connectivity index (χ2v) is 9.77. The fourth-order valence-corrected chi connectivity index (χ4v) is 4.26. The van der Waals surface area contributed by atoms with Crippen LogP contribution in [0.15, 0.2) is 46.6 Å². The third-order valence-corrected chi connectivity index (χ3v) is 6.53. The summed E-state index contributed by atoms with van der Waals surface area (Å²) in [5.74, 6) is 5.87. The number of halogens is 3. The first kappa shape index (κ1) is 28.1. The molecule has 13 heteroatoms. The van der Waals surface area contributed by atoms with E-state index in [1.165, 1.54) is 36.8 Å². The van der Waals surface area contributed by atoms with E-state index >= 15 is 0 Å². The van der Waals surface area contributed by atoms with Gasteiger partial charge in [-0.3, -0.25) is 14.9 Å². The fourth-order valence-electron chi connectivity index (χ4n) is 3.43. The molecule has 1 amide bonds. The van der Waals surface area contributed by atoms with Crippen molar-refractivity contribution < 1.29 is 13.6 Å². The zero-order valence-electron chi connectivity index (χ0n) is 21.2. The van der Waals surface area contributed by atoms with Gasteiger partial charge in [0.15, 0.2) is 10.8 Å². The molecule has 2 N–H and O–H groups in total. The molecular weight excluding hydrogens is 548 g/mol. The lowest BCUT2D eigenvalue weighted by Gasteiger charge is -2.22. The Morgan fingerprint density at radius 2 is 2.03 bits per heavy atom. The van der Waals surface area contributed by atoms with Crippen molar-refractivity contribution in [3.63, 3.8) is 0 Å². The van der Waals surface area contributed by atoms with E-state index < -0.39 is 23.9 Å². The summed E-state index contributed by atoms with van der Waals surface area (Å²) in [5.41, 5.74) is 0.590. The van der Waals surface area contributed by atoms with Crippen molar-refractivity contribution in [1.29, 1.82) is 0 Å². The number of alkyl halides is 2. The Morgan fingerprint density at radius 3 is 2.72 bits per heavy atom. The van der Waals surface area contributed by atoms with Crippen LogP contribution in [-0.4, -0.2) is 43.3 Å². The molecule has 0 saturated heterocycles. The Bertz CT molecular complexity index is 1570. The summed E-state index contributed by atoms with van der Waals surface area (Å²) in [5, 5.41) is 17.9. The highest BCUT2D eigenvalue weighted by Gasteiger charge is 2.26. The smallest absolute Gasteiger partial charge is 0.273 e. The van der Waals surface area contributed by atoms with Gasteiger partial charge in [-0.25, -0.2) is 13.8 Å². The van der Waals surface area contributed by atoms with Gasteiger partial charge in [0.1, 0.15) is 6.04 Å². The third kappa shape index (κ3) is 6.74. The molecule has 1 aliphatic heterocycles. The van der Waals surface area contributed by atoms with Crippen LogP contribution in [0.1, 0.15) is 53.2 Å². The molecular formula is C26H24ClF2N7O2S. The Morgan fingerprint density at radius 1 is 1.26 bits per heavy atom. The van der Waals surface area contributed by atoms with Gasteiger partial charge >= 0.3 is 0 Å². The number of hydrogen-bond acceptors (Lipinski definition) is 8. The van der Waals surface area contributed by atoms with Gasteiger partial charge in [0.25, 0.3) is 17.9 Å². The number of amides is 1. The number of dihydropyridines is 1. The van der Waals surface area contributed by atoms with E-state index in [0.29, 0.717) is 16.5 Å². The molecule has 0 aromatic carbocycles. The van der Waals surface area contributed by atoms with Gasteiger partial charge in [0.05, 0.1) is 16.8 Å². The Hall–Kier alpha value is -3.95. The lowest BCUT2D eigenvalue weighted by Crippen LogP contribution is -2.32.